The van der Waals surface area contributed by atoms with Gasteiger partial charge in [-0.15, -0.1) is 0 Å². The number of fused-ring (bicyclic) bond motifs is 1. The van der Waals surface area contributed by atoms with Crippen LogP contribution in [0.15, 0.2) is 12.4 Å². The summed E-state index contributed by atoms with van der Waals surface area (Å²) in [6.45, 7) is 5.47. The van der Waals surface area contributed by atoms with Crippen molar-refractivity contribution in [1.29, 1.82) is 0 Å². The molecule has 2 N–H and O–H groups in total. The molecule has 0 bridgehead atoms. The van der Waals surface area contributed by atoms with Crippen molar-refractivity contribution >= 4 is 0 Å². The lowest BCUT2D eigenvalue weighted by atomic mass is 9.80. The van der Waals surface area contributed by atoms with Crippen LogP contribution in [-0.2, 0) is 13.1 Å². The van der Waals surface area contributed by atoms with Gasteiger partial charge in [-0.1, -0.05) is 13.3 Å². The van der Waals surface area contributed by atoms with E-state index in [2.05, 4.69) is 27.6 Å². The molecule has 3 unspecified atom stereocenters. The zero-order chi connectivity index (χ0) is 12.5. The zero-order valence-electron chi connectivity index (χ0n) is 11.3. The standard InChI is InChI=1S/C14H24N4/c1-2-11-3-4-12(15)13(9-11)18-8-7-17-6-5-16-14(17)10-18/h5-6,11-13H,2-4,7-10,15H2,1H3. The lowest BCUT2D eigenvalue weighted by Crippen LogP contribution is -2.53. The average Bonchev–Trinajstić information content (AvgIpc) is 2.86. The Morgan fingerprint density at radius 3 is 3.11 bits per heavy atom. The van der Waals surface area contributed by atoms with Gasteiger partial charge in [0.25, 0.3) is 0 Å². The molecular formula is C14H24N4. The molecule has 2 aliphatic rings. The Morgan fingerprint density at radius 2 is 2.28 bits per heavy atom. The molecule has 4 heteroatoms. The molecule has 0 saturated heterocycles. The van der Waals surface area contributed by atoms with Crippen LogP contribution in [0.4, 0.5) is 0 Å². The third-order valence-corrected chi connectivity index (χ3v) is 4.80. The van der Waals surface area contributed by atoms with E-state index in [4.69, 9.17) is 5.73 Å². The van der Waals surface area contributed by atoms with Gasteiger partial charge in [0.1, 0.15) is 5.82 Å². The monoisotopic (exact) mass is 248 g/mol. The van der Waals surface area contributed by atoms with Crippen molar-refractivity contribution in [3.05, 3.63) is 18.2 Å². The summed E-state index contributed by atoms with van der Waals surface area (Å²) in [5.41, 5.74) is 6.35. The molecule has 3 rings (SSSR count). The van der Waals surface area contributed by atoms with E-state index in [1.54, 1.807) is 0 Å². The number of nitrogens with zero attached hydrogens (tertiary/aromatic N) is 3. The summed E-state index contributed by atoms with van der Waals surface area (Å²) in [6, 6.07) is 0.920. The summed E-state index contributed by atoms with van der Waals surface area (Å²) in [4.78, 5) is 7.01. The Kier molecular flexibility index (Phi) is 3.39. The SMILES string of the molecule is CCC1CCC(N)C(N2CCn3ccnc3C2)C1. The Hall–Kier alpha value is -0.870. The largest absolute Gasteiger partial charge is 0.333 e. The summed E-state index contributed by atoms with van der Waals surface area (Å²) in [7, 11) is 0. The highest BCUT2D eigenvalue weighted by molar-refractivity contribution is 4.99. The van der Waals surface area contributed by atoms with Gasteiger partial charge in [-0.05, 0) is 25.2 Å². The number of imidazole rings is 1. The summed E-state index contributed by atoms with van der Waals surface area (Å²) in [5, 5.41) is 0. The maximum absolute atomic E-state index is 6.35. The topological polar surface area (TPSA) is 47.1 Å². The van der Waals surface area contributed by atoms with Crippen LogP contribution in [0.25, 0.3) is 0 Å². The summed E-state index contributed by atoms with van der Waals surface area (Å²) in [6.07, 6.45) is 9.08. The van der Waals surface area contributed by atoms with Crippen molar-refractivity contribution in [2.45, 2.75) is 57.8 Å². The third kappa shape index (κ3) is 2.19. The van der Waals surface area contributed by atoms with E-state index in [-0.39, 0.29) is 0 Å². The van der Waals surface area contributed by atoms with E-state index >= 15 is 0 Å². The molecular weight excluding hydrogens is 224 g/mol. The van der Waals surface area contributed by atoms with Gasteiger partial charge in [-0.3, -0.25) is 4.90 Å². The number of rotatable bonds is 2. The molecule has 1 aliphatic heterocycles. The minimum Gasteiger partial charge on any atom is -0.333 e. The maximum atomic E-state index is 6.35. The molecule has 18 heavy (non-hydrogen) atoms. The number of hydrogen-bond acceptors (Lipinski definition) is 3. The normalized spacial score (nSPS) is 33.3. The first-order valence-corrected chi connectivity index (χ1v) is 7.27. The Morgan fingerprint density at radius 1 is 1.39 bits per heavy atom. The van der Waals surface area contributed by atoms with E-state index in [0.717, 1.165) is 25.6 Å². The average molecular weight is 248 g/mol. The first-order chi connectivity index (χ1) is 8.78. The Labute approximate surface area is 109 Å². The second-order valence-corrected chi connectivity index (χ2v) is 5.83. The summed E-state index contributed by atoms with van der Waals surface area (Å²) in [5.74, 6) is 2.07. The third-order valence-electron chi connectivity index (χ3n) is 4.80. The van der Waals surface area contributed by atoms with E-state index in [0.29, 0.717) is 12.1 Å². The van der Waals surface area contributed by atoms with Gasteiger partial charge in [0.05, 0.1) is 6.54 Å². The number of aromatic nitrogens is 2. The lowest BCUT2D eigenvalue weighted by Gasteiger charge is -2.42. The van der Waals surface area contributed by atoms with Crippen LogP contribution in [0, 0.1) is 5.92 Å². The fraction of sp³-hybridized carbons (Fsp3) is 0.786. The molecule has 0 amide bonds. The summed E-state index contributed by atoms with van der Waals surface area (Å²) >= 11 is 0. The minimum absolute atomic E-state index is 0.356. The van der Waals surface area contributed by atoms with Gasteiger partial charge in [0.15, 0.2) is 0 Å². The van der Waals surface area contributed by atoms with E-state index in [9.17, 15) is 0 Å². The van der Waals surface area contributed by atoms with Gasteiger partial charge in [0, 0.05) is 37.6 Å². The molecule has 1 aromatic heterocycles. The molecule has 2 heterocycles. The zero-order valence-corrected chi connectivity index (χ0v) is 11.3. The Balaban J connectivity index is 1.71. The van der Waals surface area contributed by atoms with Crippen molar-refractivity contribution in [2.24, 2.45) is 11.7 Å². The van der Waals surface area contributed by atoms with Gasteiger partial charge >= 0.3 is 0 Å². The highest BCUT2D eigenvalue weighted by Crippen LogP contribution is 2.30. The highest BCUT2D eigenvalue weighted by Gasteiger charge is 2.33. The first kappa shape index (κ1) is 12.2. The molecule has 4 nitrogen and oxygen atoms in total. The van der Waals surface area contributed by atoms with Gasteiger partial charge < -0.3 is 10.3 Å². The van der Waals surface area contributed by atoms with Crippen molar-refractivity contribution in [3.8, 4) is 0 Å². The molecule has 1 aromatic rings. The first-order valence-electron chi connectivity index (χ1n) is 7.27. The lowest BCUT2D eigenvalue weighted by molar-refractivity contribution is 0.0839. The fourth-order valence-electron chi connectivity index (χ4n) is 3.52. The van der Waals surface area contributed by atoms with Crippen LogP contribution in [0.1, 0.15) is 38.4 Å². The molecule has 0 aromatic carbocycles. The quantitative estimate of drug-likeness (QED) is 0.865. The van der Waals surface area contributed by atoms with Crippen LogP contribution in [0.5, 0.6) is 0 Å². The second-order valence-electron chi connectivity index (χ2n) is 5.83. The highest BCUT2D eigenvalue weighted by atomic mass is 15.3. The van der Waals surface area contributed by atoms with E-state index < -0.39 is 0 Å². The van der Waals surface area contributed by atoms with E-state index in [1.165, 1.54) is 31.5 Å². The van der Waals surface area contributed by atoms with Crippen molar-refractivity contribution < 1.29 is 0 Å². The Bertz CT molecular complexity index is 400. The van der Waals surface area contributed by atoms with Crippen molar-refractivity contribution in [3.63, 3.8) is 0 Å². The van der Waals surface area contributed by atoms with Crippen LogP contribution in [-0.4, -0.2) is 33.1 Å². The van der Waals surface area contributed by atoms with Gasteiger partial charge in [0.2, 0.25) is 0 Å². The minimum atomic E-state index is 0.356. The smallest absolute Gasteiger partial charge is 0.122 e. The molecule has 1 saturated carbocycles. The molecule has 0 radical (unpaired) electrons. The molecule has 0 spiro atoms. The number of hydrogen-bond donors (Lipinski definition) is 1. The van der Waals surface area contributed by atoms with Crippen molar-refractivity contribution in [1.82, 2.24) is 14.5 Å². The van der Waals surface area contributed by atoms with Crippen LogP contribution < -0.4 is 5.73 Å². The molecule has 100 valence electrons. The van der Waals surface area contributed by atoms with Gasteiger partial charge in [-0.25, -0.2) is 4.98 Å². The van der Waals surface area contributed by atoms with Gasteiger partial charge in [-0.2, -0.15) is 0 Å². The molecule has 1 aliphatic carbocycles. The predicted octanol–water partition coefficient (Wildman–Crippen LogP) is 1.60. The number of nitrogens with two attached hydrogens (primary N) is 1. The fourth-order valence-corrected chi connectivity index (χ4v) is 3.52. The summed E-state index contributed by atoms with van der Waals surface area (Å²) < 4.78 is 2.27. The molecule has 1 fully saturated rings. The van der Waals surface area contributed by atoms with Crippen molar-refractivity contribution in [2.75, 3.05) is 6.54 Å². The van der Waals surface area contributed by atoms with Crippen LogP contribution >= 0.6 is 0 Å². The van der Waals surface area contributed by atoms with Crippen LogP contribution in [0.2, 0.25) is 0 Å². The van der Waals surface area contributed by atoms with Crippen LogP contribution in [0.3, 0.4) is 0 Å². The molecule has 3 atom stereocenters. The predicted molar refractivity (Wildman–Crippen MR) is 72.0 cm³/mol. The maximum Gasteiger partial charge on any atom is 0.122 e. The van der Waals surface area contributed by atoms with E-state index in [1.807, 2.05) is 6.20 Å². The second kappa shape index (κ2) is 5.02.